The Balaban J connectivity index is 2.70. The number of ether oxygens (including phenoxy) is 1. The van der Waals surface area contributed by atoms with Crippen LogP contribution < -0.4 is 4.74 Å². The van der Waals surface area contributed by atoms with Gasteiger partial charge in [0.25, 0.3) is 0 Å². The summed E-state index contributed by atoms with van der Waals surface area (Å²) in [4.78, 5) is 10.6. The lowest BCUT2D eigenvalue weighted by Crippen LogP contribution is -2.11. The molecule has 0 aliphatic heterocycles. The van der Waals surface area contributed by atoms with Gasteiger partial charge >= 0.3 is 12.1 Å². The van der Waals surface area contributed by atoms with E-state index in [1.807, 2.05) is 0 Å². The van der Waals surface area contributed by atoms with Crippen molar-refractivity contribution in [3.05, 3.63) is 47.5 Å². The van der Waals surface area contributed by atoms with Crippen molar-refractivity contribution < 1.29 is 36.2 Å². The summed E-state index contributed by atoms with van der Waals surface area (Å²) >= 11 is 0. The molecule has 0 atom stereocenters. The van der Waals surface area contributed by atoms with Crippen molar-refractivity contribution in [3.63, 3.8) is 0 Å². The number of benzene rings is 2. The molecule has 5 nitrogen and oxygen atoms in total. The molecule has 0 amide bonds. The van der Waals surface area contributed by atoms with Gasteiger partial charge in [0, 0.05) is 11.8 Å². The van der Waals surface area contributed by atoms with E-state index in [4.69, 9.17) is 9.84 Å². The molecule has 0 aliphatic carbocycles. The second kappa shape index (κ2) is 6.99. The molecule has 0 bridgehead atoms. The van der Waals surface area contributed by atoms with E-state index in [0.29, 0.717) is 5.56 Å². The number of halogens is 3. The van der Waals surface area contributed by atoms with Crippen LogP contribution in [0, 0.1) is 6.92 Å². The summed E-state index contributed by atoms with van der Waals surface area (Å²) in [5, 5.41) is 8.74. The molecule has 0 spiro atoms. The van der Waals surface area contributed by atoms with E-state index in [1.165, 1.54) is 18.2 Å². The lowest BCUT2D eigenvalue weighted by molar-refractivity contribution is -0.140. The highest BCUT2D eigenvalue weighted by Crippen LogP contribution is 2.39. The zero-order chi connectivity index (χ0) is 19.7. The Morgan fingerprint density at radius 1 is 1.12 bits per heavy atom. The van der Waals surface area contributed by atoms with Crippen LogP contribution in [0.4, 0.5) is 13.2 Å². The van der Waals surface area contributed by atoms with Gasteiger partial charge in [0.05, 0.1) is 10.5 Å². The Hall–Kier alpha value is -2.55. The summed E-state index contributed by atoms with van der Waals surface area (Å²) < 4.78 is 67.8. The van der Waals surface area contributed by atoms with Crippen LogP contribution in [0.2, 0.25) is 0 Å². The van der Waals surface area contributed by atoms with Crippen LogP contribution in [0.3, 0.4) is 0 Å². The molecule has 0 unspecified atom stereocenters. The minimum Gasteiger partial charge on any atom is -0.481 e. The topological polar surface area (TPSA) is 80.7 Å². The van der Waals surface area contributed by atoms with E-state index in [0.717, 1.165) is 24.5 Å². The third-order valence-electron chi connectivity index (χ3n) is 3.59. The van der Waals surface area contributed by atoms with Gasteiger partial charge in [0.15, 0.2) is 16.4 Å². The molecular weight excluding hydrogens is 373 g/mol. The lowest BCUT2D eigenvalue weighted by atomic mass is 9.97. The summed E-state index contributed by atoms with van der Waals surface area (Å²) in [5.74, 6) is -1.38. The maximum absolute atomic E-state index is 13.1. The van der Waals surface area contributed by atoms with Crippen LogP contribution >= 0.6 is 0 Å². The number of carboxylic acid groups (broad SMARTS) is 1. The minimum atomic E-state index is -4.62. The third-order valence-corrected chi connectivity index (χ3v) is 4.70. The Kier molecular flexibility index (Phi) is 5.31. The van der Waals surface area contributed by atoms with Crippen molar-refractivity contribution in [2.75, 3.05) is 12.9 Å². The standard InChI is InChI=1S/C17H15F3O5S/c1-10-3-5-12(26(2,23)24)8-13(10)14-7-11(17(18,19)20)4-6-15(14)25-9-16(21)22/h3-8H,9H2,1-2H3,(H,21,22). The fraction of sp³-hybridized carbons (Fsp3) is 0.235. The number of carboxylic acids is 1. The van der Waals surface area contributed by atoms with Gasteiger partial charge in [0.2, 0.25) is 0 Å². The second-order valence-corrected chi connectivity index (χ2v) is 7.66. The highest BCUT2D eigenvalue weighted by molar-refractivity contribution is 7.90. The fourth-order valence-electron chi connectivity index (χ4n) is 2.30. The maximum atomic E-state index is 13.1. The van der Waals surface area contributed by atoms with E-state index >= 15 is 0 Å². The average Bonchev–Trinajstić information content (AvgIpc) is 2.51. The number of sulfone groups is 1. The van der Waals surface area contributed by atoms with Crippen LogP contribution in [-0.4, -0.2) is 32.4 Å². The number of aryl methyl sites for hydroxylation is 1. The van der Waals surface area contributed by atoms with E-state index in [-0.39, 0.29) is 21.8 Å². The van der Waals surface area contributed by atoms with E-state index in [1.54, 1.807) is 6.92 Å². The highest BCUT2D eigenvalue weighted by Gasteiger charge is 2.31. The molecule has 2 aromatic carbocycles. The van der Waals surface area contributed by atoms with Gasteiger partial charge in [-0.1, -0.05) is 6.07 Å². The molecule has 0 saturated heterocycles. The molecule has 2 rings (SSSR count). The van der Waals surface area contributed by atoms with Crippen molar-refractivity contribution in [1.29, 1.82) is 0 Å². The third kappa shape index (κ3) is 4.54. The fourth-order valence-corrected chi connectivity index (χ4v) is 2.95. The van der Waals surface area contributed by atoms with Crippen LogP contribution in [0.25, 0.3) is 11.1 Å². The largest absolute Gasteiger partial charge is 0.481 e. The average molecular weight is 388 g/mol. The van der Waals surface area contributed by atoms with Crippen LogP contribution in [0.15, 0.2) is 41.3 Å². The summed E-state index contributed by atoms with van der Waals surface area (Å²) in [6.07, 6.45) is -3.64. The van der Waals surface area contributed by atoms with Gasteiger partial charge in [-0.25, -0.2) is 13.2 Å². The zero-order valence-electron chi connectivity index (χ0n) is 13.8. The van der Waals surface area contributed by atoms with Crippen molar-refractivity contribution in [2.24, 2.45) is 0 Å². The quantitative estimate of drug-likeness (QED) is 0.847. The van der Waals surface area contributed by atoms with Crippen LogP contribution in [0.1, 0.15) is 11.1 Å². The summed E-state index contributed by atoms with van der Waals surface area (Å²) in [6.45, 7) is 0.853. The van der Waals surface area contributed by atoms with Gasteiger partial charge in [-0.3, -0.25) is 0 Å². The van der Waals surface area contributed by atoms with Crippen molar-refractivity contribution in [2.45, 2.75) is 18.0 Å². The first-order valence-corrected chi connectivity index (χ1v) is 9.15. The molecule has 1 N–H and O–H groups in total. The van der Waals surface area contributed by atoms with E-state index in [2.05, 4.69) is 0 Å². The Morgan fingerprint density at radius 3 is 2.31 bits per heavy atom. The molecule has 0 fully saturated rings. The Bertz CT molecular complexity index is 949. The van der Waals surface area contributed by atoms with Gasteiger partial charge < -0.3 is 9.84 Å². The molecule has 26 heavy (non-hydrogen) atoms. The molecule has 0 aromatic heterocycles. The van der Waals surface area contributed by atoms with Crippen molar-refractivity contribution >= 4 is 15.8 Å². The first-order valence-electron chi connectivity index (χ1n) is 7.26. The number of hydrogen-bond acceptors (Lipinski definition) is 4. The van der Waals surface area contributed by atoms with E-state index < -0.39 is 34.2 Å². The first-order chi connectivity index (χ1) is 11.9. The maximum Gasteiger partial charge on any atom is 0.416 e. The Labute approximate surface area is 148 Å². The van der Waals surface area contributed by atoms with Gasteiger partial charge in [0.1, 0.15) is 5.75 Å². The smallest absolute Gasteiger partial charge is 0.416 e. The number of aliphatic carboxylic acids is 1. The summed E-state index contributed by atoms with van der Waals surface area (Å²) in [6, 6.07) is 6.66. The van der Waals surface area contributed by atoms with Gasteiger partial charge in [-0.05, 0) is 48.4 Å². The zero-order valence-corrected chi connectivity index (χ0v) is 14.6. The Morgan fingerprint density at radius 2 is 1.77 bits per heavy atom. The number of rotatable bonds is 5. The predicted octanol–water partition coefficient (Wildman–Crippen LogP) is 3.55. The highest BCUT2D eigenvalue weighted by atomic mass is 32.2. The normalized spacial score (nSPS) is 12.0. The molecule has 2 aromatic rings. The number of hydrogen-bond donors (Lipinski definition) is 1. The predicted molar refractivity (Wildman–Crippen MR) is 87.9 cm³/mol. The molecule has 140 valence electrons. The lowest BCUT2D eigenvalue weighted by Gasteiger charge is -2.16. The molecule has 0 heterocycles. The van der Waals surface area contributed by atoms with Crippen LogP contribution in [0.5, 0.6) is 5.75 Å². The first kappa shape index (κ1) is 19.8. The second-order valence-electron chi connectivity index (χ2n) is 5.64. The molecule has 0 aliphatic rings. The van der Waals surface area contributed by atoms with Crippen molar-refractivity contribution in [3.8, 4) is 16.9 Å². The molecule has 0 saturated carbocycles. The molecule has 0 radical (unpaired) electrons. The number of alkyl halides is 3. The van der Waals surface area contributed by atoms with E-state index in [9.17, 15) is 26.4 Å². The van der Waals surface area contributed by atoms with Crippen molar-refractivity contribution in [1.82, 2.24) is 0 Å². The molecule has 9 heteroatoms. The van der Waals surface area contributed by atoms with Crippen LogP contribution in [-0.2, 0) is 20.8 Å². The molecular formula is C17H15F3O5S. The van der Waals surface area contributed by atoms with Gasteiger partial charge in [-0.15, -0.1) is 0 Å². The summed E-state index contributed by atoms with van der Waals surface area (Å²) in [7, 11) is -3.58. The number of carbonyl (C=O) groups is 1. The van der Waals surface area contributed by atoms with Gasteiger partial charge in [-0.2, -0.15) is 13.2 Å². The summed E-state index contributed by atoms with van der Waals surface area (Å²) in [5.41, 5.74) is -0.278. The minimum absolute atomic E-state index is 0.0379. The SMILES string of the molecule is Cc1ccc(S(C)(=O)=O)cc1-c1cc(C(F)(F)F)ccc1OCC(=O)O. The monoisotopic (exact) mass is 388 g/mol.